The summed E-state index contributed by atoms with van der Waals surface area (Å²) in [7, 11) is 0. The van der Waals surface area contributed by atoms with Crippen LogP contribution in [0, 0.1) is 0 Å². The first-order valence-electron chi connectivity index (χ1n) is 5.57. The second-order valence-electron chi connectivity index (χ2n) is 3.75. The molecule has 0 amide bonds. The van der Waals surface area contributed by atoms with Gasteiger partial charge in [0.15, 0.2) is 0 Å². The first-order chi connectivity index (χ1) is 7.85. The molecule has 2 nitrogen and oxygen atoms in total. The average Bonchev–Trinajstić information content (AvgIpc) is 2.79. The highest BCUT2D eigenvalue weighted by Crippen LogP contribution is 2.30. The van der Waals surface area contributed by atoms with Gasteiger partial charge in [0.05, 0.1) is 0 Å². The molecule has 0 bridgehead atoms. The van der Waals surface area contributed by atoms with E-state index in [1.807, 2.05) is 12.4 Å². The van der Waals surface area contributed by atoms with Crippen LogP contribution >= 0.6 is 11.3 Å². The molecule has 0 aromatic carbocycles. The maximum absolute atomic E-state index is 5.63. The molecule has 2 heterocycles. The van der Waals surface area contributed by atoms with Crippen LogP contribution in [0.15, 0.2) is 30.6 Å². The number of rotatable bonds is 4. The third-order valence-electron chi connectivity index (χ3n) is 2.56. The fraction of sp³-hybridized carbons (Fsp3) is 0.308. The Labute approximate surface area is 100 Å². The van der Waals surface area contributed by atoms with Crippen LogP contribution in [0.25, 0.3) is 10.4 Å². The van der Waals surface area contributed by atoms with Gasteiger partial charge in [-0.25, -0.2) is 0 Å². The van der Waals surface area contributed by atoms with Crippen molar-refractivity contribution in [2.75, 3.05) is 0 Å². The van der Waals surface area contributed by atoms with Gasteiger partial charge >= 0.3 is 0 Å². The van der Waals surface area contributed by atoms with Crippen molar-refractivity contribution in [3.63, 3.8) is 0 Å². The van der Waals surface area contributed by atoms with Crippen LogP contribution in [0.3, 0.4) is 0 Å². The molecule has 0 radical (unpaired) electrons. The Hall–Kier alpha value is -1.19. The van der Waals surface area contributed by atoms with E-state index >= 15 is 0 Å². The lowest BCUT2D eigenvalue weighted by atomic mass is 10.0. The molecule has 0 unspecified atom stereocenters. The number of hydrogen-bond donors (Lipinski definition) is 1. The number of pyridine rings is 1. The van der Waals surface area contributed by atoms with E-state index in [0.717, 1.165) is 12.8 Å². The van der Waals surface area contributed by atoms with Gasteiger partial charge in [0.25, 0.3) is 0 Å². The van der Waals surface area contributed by atoms with Gasteiger partial charge in [0, 0.05) is 34.3 Å². The average molecular weight is 232 g/mol. The van der Waals surface area contributed by atoms with Gasteiger partial charge < -0.3 is 5.73 Å². The second kappa shape index (κ2) is 5.23. The van der Waals surface area contributed by atoms with Crippen LogP contribution in [-0.4, -0.2) is 4.98 Å². The Bertz CT molecular complexity index is 462. The summed E-state index contributed by atoms with van der Waals surface area (Å²) in [6, 6.07) is 6.35. The van der Waals surface area contributed by atoms with Gasteiger partial charge in [0.1, 0.15) is 0 Å². The normalized spacial score (nSPS) is 10.6. The van der Waals surface area contributed by atoms with Crippen molar-refractivity contribution in [1.29, 1.82) is 0 Å². The van der Waals surface area contributed by atoms with Gasteiger partial charge in [-0.15, -0.1) is 11.3 Å². The third kappa shape index (κ3) is 2.31. The molecule has 16 heavy (non-hydrogen) atoms. The molecule has 0 aliphatic carbocycles. The first kappa shape index (κ1) is 11.3. The summed E-state index contributed by atoms with van der Waals surface area (Å²) < 4.78 is 0. The molecule has 2 rings (SSSR count). The van der Waals surface area contributed by atoms with Crippen molar-refractivity contribution < 1.29 is 0 Å². The fourth-order valence-electron chi connectivity index (χ4n) is 1.76. The maximum Gasteiger partial charge on any atom is 0.0364 e. The Morgan fingerprint density at radius 2 is 2.19 bits per heavy atom. The summed E-state index contributed by atoms with van der Waals surface area (Å²) >= 11 is 1.76. The minimum absolute atomic E-state index is 0.619. The van der Waals surface area contributed by atoms with Crippen molar-refractivity contribution in [3.8, 4) is 10.4 Å². The van der Waals surface area contributed by atoms with Gasteiger partial charge in [-0.2, -0.15) is 0 Å². The molecular weight excluding hydrogens is 216 g/mol. The summed E-state index contributed by atoms with van der Waals surface area (Å²) in [6.07, 6.45) is 6.09. The van der Waals surface area contributed by atoms with E-state index in [4.69, 9.17) is 5.73 Å². The van der Waals surface area contributed by atoms with Crippen LogP contribution in [0.4, 0.5) is 0 Å². The molecule has 2 aromatic rings. The number of aryl methyl sites for hydroxylation is 1. The first-order valence-corrected chi connectivity index (χ1v) is 6.38. The van der Waals surface area contributed by atoms with E-state index in [-0.39, 0.29) is 0 Å². The van der Waals surface area contributed by atoms with Crippen molar-refractivity contribution in [2.24, 2.45) is 5.73 Å². The standard InChI is InChI=1S/C13H16N2S/c1-2-3-10-6-7-15-9-12(10)13-5-4-11(8-14)16-13/h4-7,9H,2-3,8,14H2,1H3. The van der Waals surface area contributed by atoms with Crippen molar-refractivity contribution in [2.45, 2.75) is 26.3 Å². The SMILES string of the molecule is CCCc1ccncc1-c1ccc(CN)s1. The minimum Gasteiger partial charge on any atom is -0.326 e. The molecular formula is C13H16N2S. The molecule has 0 saturated heterocycles. The highest BCUT2D eigenvalue weighted by Gasteiger charge is 2.06. The summed E-state index contributed by atoms with van der Waals surface area (Å²) in [5.41, 5.74) is 8.27. The zero-order valence-corrected chi connectivity index (χ0v) is 10.3. The molecule has 0 atom stereocenters. The molecule has 0 saturated carbocycles. The molecule has 84 valence electrons. The van der Waals surface area contributed by atoms with E-state index < -0.39 is 0 Å². The number of nitrogens with zero attached hydrogens (tertiary/aromatic N) is 1. The summed E-state index contributed by atoms with van der Waals surface area (Å²) in [5, 5.41) is 0. The Morgan fingerprint density at radius 3 is 2.88 bits per heavy atom. The number of nitrogens with two attached hydrogens (primary N) is 1. The quantitative estimate of drug-likeness (QED) is 0.879. The molecule has 2 aromatic heterocycles. The molecule has 3 heteroatoms. The Balaban J connectivity index is 2.38. The van der Waals surface area contributed by atoms with E-state index in [1.165, 1.54) is 20.9 Å². The number of thiophene rings is 1. The third-order valence-corrected chi connectivity index (χ3v) is 3.70. The number of aromatic nitrogens is 1. The van der Waals surface area contributed by atoms with Gasteiger partial charge in [0.2, 0.25) is 0 Å². The zero-order valence-electron chi connectivity index (χ0n) is 9.44. The van der Waals surface area contributed by atoms with Crippen molar-refractivity contribution in [3.05, 3.63) is 41.0 Å². The topological polar surface area (TPSA) is 38.9 Å². The van der Waals surface area contributed by atoms with E-state index in [9.17, 15) is 0 Å². The lowest BCUT2D eigenvalue weighted by Crippen LogP contribution is -1.91. The zero-order chi connectivity index (χ0) is 11.4. The van der Waals surface area contributed by atoms with Crippen molar-refractivity contribution in [1.82, 2.24) is 4.98 Å². The lowest BCUT2D eigenvalue weighted by Gasteiger charge is -2.05. The van der Waals surface area contributed by atoms with E-state index in [1.54, 1.807) is 11.3 Å². The predicted octanol–water partition coefficient (Wildman–Crippen LogP) is 3.22. The lowest BCUT2D eigenvalue weighted by molar-refractivity contribution is 0.921. The van der Waals surface area contributed by atoms with Crippen LogP contribution in [-0.2, 0) is 13.0 Å². The van der Waals surface area contributed by atoms with Gasteiger partial charge in [-0.3, -0.25) is 4.98 Å². The Morgan fingerprint density at radius 1 is 1.31 bits per heavy atom. The fourth-order valence-corrected chi connectivity index (χ4v) is 2.70. The van der Waals surface area contributed by atoms with Crippen LogP contribution in [0.1, 0.15) is 23.8 Å². The predicted molar refractivity (Wildman–Crippen MR) is 69.4 cm³/mol. The Kier molecular flexibility index (Phi) is 3.70. The summed E-state index contributed by atoms with van der Waals surface area (Å²) in [4.78, 5) is 6.71. The minimum atomic E-state index is 0.619. The van der Waals surface area contributed by atoms with Crippen LogP contribution in [0.2, 0.25) is 0 Å². The smallest absolute Gasteiger partial charge is 0.0364 e. The van der Waals surface area contributed by atoms with E-state index in [2.05, 4.69) is 30.1 Å². The largest absolute Gasteiger partial charge is 0.326 e. The van der Waals surface area contributed by atoms with Gasteiger partial charge in [-0.05, 0) is 30.2 Å². The number of hydrogen-bond acceptors (Lipinski definition) is 3. The second-order valence-corrected chi connectivity index (χ2v) is 4.92. The molecule has 0 spiro atoms. The van der Waals surface area contributed by atoms with E-state index in [0.29, 0.717) is 6.54 Å². The van der Waals surface area contributed by atoms with Crippen LogP contribution < -0.4 is 5.73 Å². The molecule has 0 aliphatic rings. The van der Waals surface area contributed by atoms with Crippen molar-refractivity contribution >= 4 is 11.3 Å². The maximum atomic E-state index is 5.63. The monoisotopic (exact) mass is 232 g/mol. The highest BCUT2D eigenvalue weighted by atomic mass is 32.1. The molecule has 0 fully saturated rings. The summed E-state index contributed by atoms with van der Waals surface area (Å²) in [5.74, 6) is 0. The molecule has 0 aliphatic heterocycles. The molecule has 2 N–H and O–H groups in total. The summed E-state index contributed by atoms with van der Waals surface area (Å²) in [6.45, 7) is 2.82. The highest BCUT2D eigenvalue weighted by molar-refractivity contribution is 7.15. The van der Waals surface area contributed by atoms with Gasteiger partial charge in [-0.1, -0.05) is 13.3 Å². The van der Waals surface area contributed by atoms with Crippen LogP contribution in [0.5, 0.6) is 0 Å².